The number of carbonyl (C=O) groups excluding carboxylic acids is 1. The molecule has 0 spiro atoms. The van der Waals surface area contributed by atoms with E-state index in [0.717, 1.165) is 0 Å². The minimum absolute atomic E-state index is 0.00439. The van der Waals surface area contributed by atoms with Gasteiger partial charge in [-0.05, 0) is 12.8 Å². The fraction of sp³-hybridized carbons (Fsp3) is 0.947. The number of carbonyl (C=O) groups is 1. The molecule has 204 valence electrons. The molecule has 0 unspecified atom stereocenters. The average Bonchev–Trinajstić information content (AvgIpc) is 2.79. The molecule has 1 saturated carbocycles. The summed E-state index contributed by atoms with van der Waals surface area (Å²) in [5, 5.41) is 53.6. The van der Waals surface area contributed by atoms with Crippen molar-refractivity contribution in [3.05, 3.63) is 0 Å². The Kier molecular flexibility index (Phi) is 9.60. The van der Waals surface area contributed by atoms with E-state index in [4.69, 9.17) is 47.6 Å². The first-order chi connectivity index (χ1) is 16.5. The summed E-state index contributed by atoms with van der Waals surface area (Å²) in [4.78, 5) is 11.6. The maximum atomic E-state index is 11.6. The van der Waals surface area contributed by atoms with Crippen LogP contribution in [0.3, 0.4) is 0 Å². The van der Waals surface area contributed by atoms with E-state index in [9.17, 15) is 30.3 Å². The molecular formula is C19H38N6O10. The Morgan fingerprint density at radius 3 is 2.11 bits per heavy atom. The van der Waals surface area contributed by atoms with Gasteiger partial charge in [-0.1, -0.05) is 0 Å². The molecule has 16 nitrogen and oxygen atoms in total. The monoisotopic (exact) mass is 510 g/mol. The van der Waals surface area contributed by atoms with Gasteiger partial charge in [-0.15, -0.1) is 0 Å². The summed E-state index contributed by atoms with van der Waals surface area (Å²) in [6, 6.07) is -4.64. The second-order valence-electron chi connectivity index (χ2n) is 9.24. The van der Waals surface area contributed by atoms with Gasteiger partial charge < -0.3 is 78.5 Å². The molecule has 0 aromatic heterocycles. The Balaban J connectivity index is 1.78. The van der Waals surface area contributed by atoms with E-state index in [-0.39, 0.29) is 19.4 Å². The second-order valence-corrected chi connectivity index (χ2v) is 9.24. The summed E-state index contributed by atoms with van der Waals surface area (Å²) in [6.07, 6.45) is -12.0. The Morgan fingerprint density at radius 1 is 0.886 bits per heavy atom. The Morgan fingerprint density at radius 2 is 1.51 bits per heavy atom. The molecule has 2 aliphatic heterocycles. The molecule has 2 amide bonds. The zero-order valence-corrected chi connectivity index (χ0v) is 19.1. The number of primary amides is 1. The van der Waals surface area contributed by atoms with Crippen LogP contribution < -0.4 is 34.0 Å². The van der Waals surface area contributed by atoms with Crippen molar-refractivity contribution in [2.24, 2.45) is 28.7 Å². The fourth-order valence-corrected chi connectivity index (χ4v) is 4.71. The first kappa shape index (κ1) is 28.3. The molecule has 35 heavy (non-hydrogen) atoms. The number of ether oxygens (including phenoxy) is 4. The van der Waals surface area contributed by atoms with Crippen molar-refractivity contribution in [1.29, 1.82) is 0 Å². The normalized spacial score (nSPS) is 48.9. The number of hydrogen-bond acceptors (Lipinski definition) is 14. The van der Waals surface area contributed by atoms with Gasteiger partial charge in [0, 0.05) is 12.6 Å². The van der Waals surface area contributed by atoms with Crippen LogP contribution in [0.25, 0.3) is 0 Å². The van der Waals surface area contributed by atoms with Gasteiger partial charge in [-0.3, -0.25) is 0 Å². The highest BCUT2D eigenvalue weighted by molar-refractivity contribution is 5.72. The third-order valence-corrected chi connectivity index (χ3v) is 6.70. The van der Waals surface area contributed by atoms with Crippen LogP contribution in [0.15, 0.2) is 0 Å². The Bertz CT molecular complexity index is 709. The maximum absolute atomic E-state index is 11.6. The molecular weight excluding hydrogens is 472 g/mol. The summed E-state index contributed by atoms with van der Waals surface area (Å²) in [5.74, 6) is 0. The van der Waals surface area contributed by atoms with Crippen molar-refractivity contribution in [1.82, 2.24) is 5.32 Å². The zero-order valence-electron chi connectivity index (χ0n) is 19.1. The van der Waals surface area contributed by atoms with Crippen molar-refractivity contribution in [3.63, 3.8) is 0 Å². The predicted octanol–water partition coefficient (Wildman–Crippen LogP) is -6.59. The highest BCUT2D eigenvalue weighted by Gasteiger charge is 2.51. The third-order valence-electron chi connectivity index (χ3n) is 6.70. The largest absolute Gasteiger partial charge is 0.394 e. The lowest BCUT2D eigenvalue weighted by Crippen LogP contribution is -2.69. The van der Waals surface area contributed by atoms with Gasteiger partial charge in [-0.2, -0.15) is 0 Å². The number of aliphatic hydroxyl groups excluding tert-OH is 5. The van der Waals surface area contributed by atoms with E-state index >= 15 is 0 Å². The SMILES string of the molecule is NC[C@@H]1O[C@H](O[C@H]2[C@H](O)[C@@H](O[C@H]3O[C@@H](CO)[C@@H](O)[C@H](N)[C@H]3O)[C@H](N)C[C@H]2NC(N)=O)[C@H](N)C[C@@H]1O. The topological polar surface area (TPSA) is 297 Å². The van der Waals surface area contributed by atoms with Crippen LogP contribution in [0, 0.1) is 0 Å². The summed E-state index contributed by atoms with van der Waals surface area (Å²) in [6.45, 7) is -0.599. The summed E-state index contributed by atoms with van der Waals surface area (Å²) < 4.78 is 22.8. The third kappa shape index (κ3) is 6.19. The summed E-state index contributed by atoms with van der Waals surface area (Å²) in [5.41, 5.74) is 29.0. The van der Waals surface area contributed by atoms with E-state index in [0.29, 0.717) is 0 Å². The van der Waals surface area contributed by atoms with Gasteiger partial charge in [0.2, 0.25) is 0 Å². The van der Waals surface area contributed by atoms with E-state index in [1.165, 1.54) is 0 Å². The number of rotatable bonds is 7. The first-order valence-corrected chi connectivity index (χ1v) is 11.5. The van der Waals surface area contributed by atoms with Gasteiger partial charge in [0.05, 0.1) is 36.9 Å². The molecule has 3 aliphatic rings. The lowest BCUT2D eigenvalue weighted by Gasteiger charge is -2.48. The van der Waals surface area contributed by atoms with Gasteiger partial charge in [0.15, 0.2) is 12.6 Å². The molecule has 1 aliphatic carbocycles. The second kappa shape index (κ2) is 11.9. The Labute approximate surface area is 201 Å². The highest BCUT2D eigenvalue weighted by atomic mass is 16.7. The van der Waals surface area contributed by atoms with Crippen molar-refractivity contribution < 1.29 is 49.3 Å². The lowest BCUT2D eigenvalue weighted by atomic mass is 9.83. The molecule has 3 rings (SSSR count). The molecule has 0 radical (unpaired) electrons. The number of aliphatic hydroxyl groups is 5. The van der Waals surface area contributed by atoms with Crippen LogP contribution in [0.5, 0.6) is 0 Å². The van der Waals surface area contributed by atoms with Gasteiger partial charge in [-0.25, -0.2) is 4.79 Å². The highest BCUT2D eigenvalue weighted by Crippen LogP contribution is 2.31. The number of nitrogens with one attached hydrogen (secondary N) is 1. The standard InChI is InChI=1S/C19H38N6O10/c20-3-9-8(27)2-6(22)17(32-9)35-16-7(25-19(24)31)1-5(21)15(14(16)30)34-18-13(29)11(23)12(28)10(4-26)33-18/h5-18,26-30H,1-4,20-23H2,(H3,24,25,31)/t5-,6-,7-,8+,9+,10+,11+,12-,13-,14-,15+,16-,17-,18-/m1/s1. The summed E-state index contributed by atoms with van der Waals surface area (Å²) in [7, 11) is 0. The molecule has 16 heteroatoms. The van der Waals surface area contributed by atoms with Crippen molar-refractivity contribution in [2.75, 3.05) is 13.2 Å². The van der Waals surface area contributed by atoms with Crippen LogP contribution in [0.1, 0.15) is 12.8 Å². The van der Waals surface area contributed by atoms with Crippen molar-refractivity contribution in [2.45, 2.75) is 98.4 Å². The molecule has 0 aromatic carbocycles. The van der Waals surface area contributed by atoms with Gasteiger partial charge >= 0.3 is 6.03 Å². The van der Waals surface area contributed by atoms with Crippen LogP contribution in [-0.2, 0) is 18.9 Å². The minimum atomic E-state index is -1.51. The number of hydrogen-bond donors (Lipinski definition) is 11. The maximum Gasteiger partial charge on any atom is 0.312 e. The van der Waals surface area contributed by atoms with Crippen molar-refractivity contribution in [3.8, 4) is 0 Å². The van der Waals surface area contributed by atoms with Crippen molar-refractivity contribution >= 4 is 6.03 Å². The van der Waals surface area contributed by atoms with E-state index in [1.807, 2.05) is 0 Å². The Hall–Kier alpha value is -1.25. The first-order valence-electron chi connectivity index (χ1n) is 11.5. The van der Waals surface area contributed by atoms with Gasteiger partial charge in [0.25, 0.3) is 0 Å². The molecule has 2 heterocycles. The molecule has 0 aromatic rings. The number of nitrogens with two attached hydrogens (primary N) is 5. The number of urea groups is 1. The molecule has 14 atom stereocenters. The van der Waals surface area contributed by atoms with Crippen LogP contribution in [0.4, 0.5) is 4.79 Å². The number of amides is 2. The van der Waals surface area contributed by atoms with E-state index < -0.39 is 98.2 Å². The molecule has 3 fully saturated rings. The summed E-state index contributed by atoms with van der Waals surface area (Å²) >= 11 is 0. The molecule has 2 saturated heterocycles. The van der Waals surface area contributed by atoms with E-state index in [2.05, 4.69) is 5.32 Å². The predicted molar refractivity (Wildman–Crippen MR) is 117 cm³/mol. The quantitative estimate of drug-likeness (QED) is 0.152. The smallest absolute Gasteiger partial charge is 0.312 e. The molecule has 16 N–H and O–H groups in total. The fourth-order valence-electron chi connectivity index (χ4n) is 4.71. The average molecular weight is 511 g/mol. The van der Waals surface area contributed by atoms with Gasteiger partial charge in [0.1, 0.15) is 36.6 Å². The lowest BCUT2D eigenvalue weighted by molar-refractivity contribution is -0.315. The molecule has 0 bridgehead atoms. The van der Waals surface area contributed by atoms with Crippen LogP contribution in [-0.4, -0.2) is 130 Å². The zero-order chi connectivity index (χ0) is 26.0. The van der Waals surface area contributed by atoms with Crippen LogP contribution >= 0.6 is 0 Å². The van der Waals surface area contributed by atoms with E-state index in [1.54, 1.807) is 0 Å². The van der Waals surface area contributed by atoms with Crippen LogP contribution in [0.2, 0.25) is 0 Å². The minimum Gasteiger partial charge on any atom is -0.394 e.